The molecule has 0 fully saturated rings. The van der Waals surface area contributed by atoms with Crippen LogP contribution in [0.4, 0.5) is 5.82 Å². The predicted molar refractivity (Wildman–Crippen MR) is 131 cm³/mol. The van der Waals surface area contributed by atoms with Crippen molar-refractivity contribution in [2.24, 2.45) is 10.1 Å². The van der Waals surface area contributed by atoms with Crippen LogP contribution in [0.1, 0.15) is 19.4 Å². The van der Waals surface area contributed by atoms with E-state index in [1.807, 2.05) is 62.4 Å². The van der Waals surface area contributed by atoms with Gasteiger partial charge in [-0.2, -0.15) is 0 Å². The van der Waals surface area contributed by atoms with Gasteiger partial charge in [-0.15, -0.1) is 0 Å². The van der Waals surface area contributed by atoms with Crippen LogP contribution in [0.25, 0.3) is 34.0 Å². The Morgan fingerprint density at radius 3 is 2.27 bits per heavy atom. The summed E-state index contributed by atoms with van der Waals surface area (Å²) in [7, 11) is -0.879. The van der Waals surface area contributed by atoms with Gasteiger partial charge in [0.15, 0.2) is 17.3 Å². The lowest BCUT2D eigenvalue weighted by Gasteiger charge is -2.13. The van der Waals surface area contributed by atoms with Crippen LogP contribution in [0.2, 0.25) is 0 Å². The summed E-state index contributed by atoms with van der Waals surface area (Å²) < 4.78 is 22.8. The number of aromatic nitrogens is 3. The van der Waals surface area contributed by atoms with Crippen LogP contribution in [0.5, 0.6) is 0 Å². The maximum Gasteiger partial charge on any atom is 0.189 e. The molecule has 9 heteroatoms. The third-order valence-corrected chi connectivity index (χ3v) is 8.20. The Bertz CT molecular complexity index is 1390. The third-order valence-electron chi connectivity index (χ3n) is 5.43. The fraction of sp³-hybridized carbons (Fsp3) is 0.208. The number of benzene rings is 2. The lowest BCUT2D eigenvalue weighted by Crippen LogP contribution is -2.13. The molecule has 0 aliphatic rings. The Balaban J connectivity index is 1.66. The molecule has 0 aliphatic heterocycles. The highest BCUT2D eigenvalue weighted by Gasteiger charge is 2.18. The summed E-state index contributed by atoms with van der Waals surface area (Å²) in [6.07, 6.45) is 1.60. The average Bonchev–Trinajstić information content (AvgIpc) is 3.34. The molecule has 0 saturated carbocycles. The van der Waals surface area contributed by atoms with E-state index >= 15 is 0 Å². The Morgan fingerprint density at radius 2 is 1.67 bits per heavy atom. The Kier molecular flexibility index (Phi) is 6.26. The number of hydrogen-bond acceptors (Lipinski definition) is 8. The average molecular weight is 463 g/mol. The Hall–Kier alpha value is -3.56. The van der Waals surface area contributed by atoms with Gasteiger partial charge < -0.3 is 16.0 Å². The summed E-state index contributed by atoms with van der Waals surface area (Å²) >= 11 is 0. The molecule has 0 bridgehead atoms. The van der Waals surface area contributed by atoms with Gasteiger partial charge in [-0.25, -0.2) is 18.5 Å². The fourth-order valence-corrected chi connectivity index (χ4v) is 5.17. The van der Waals surface area contributed by atoms with Crippen molar-refractivity contribution in [2.75, 3.05) is 12.8 Å². The third kappa shape index (κ3) is 4.37. The summed E-state index contributed by atoms with van der Waals surface area (Å²) in [5.41, 5.74) is 16.2. The van der Waals surface area contributed by atoms with E-state index in [-0.39, 0.29) is 11.1 Å². The molecular formula is C24H26N6O2S. The zero-order valence-corrected chi connectivity index (χ0v) is 19.5. The standard InChI is InChI=1S/C24H26N6O2S/c1-15(2)33(31,27-3)19-10-8-18(9-11-19)21-14-28-24(26)23(29-21)22-12-20(30-32-22)17-6-4-16(13-25)5-7-17/h4-12,14-15H,13,25H2,1-3H3,(H2,26,28). The topological polar surface area (TPSA) is 133 Å². The van der Waals surface area contributed by atoms with E-state index < -0.39 is 9.73 Å². The van der Waals surface area contributed by atoms with Crippen molar-refractivity contribution in [3.8, 4) is 34.0 Å². The lowest BCUT2D eigenvalue weighted by atomic mass is 10.1. The lowest BCUT2D eigenvalue weighted by molar-refractivity contribution is 0.434. The maximum absolute atomic E-state index is 13.1. The minimum absolute atomic E-state index is 0.0941. The quantitative estimate of drug-likeness (QED) is 0.434. The van der Waals surface area contributed by atoms with Gasteiger partial charge in [0.25, 0.3) is 0 Å². The molecule has 0 amide bonds. The van der Waals surface area contributed by atoms with Gasteiger partial charge in [0.1, 0.15) is 5.69 Å². The van der Waals surface area contributed by atoms with Crippen molar-refractivity contribution in [3.63, 3.8) is 0 Å². The number of rotatable bonds is 6. The molecule has 8 nitrogen and oxygen atoms in total. The summed E-state index contributed by atoms with van der Waals surface area (Å²) in [6.45, 7) is 4.28. The summed E-state index contributed by atoms with van der Waals surface area (Å²) in [5, 5.41) is 4.06. The molecule has 1 unspecified atom stereocenters. The Morgan fingerprint density at radius 1 is 1.03 bits per heavy atom. The van der Waals surface area contributed by atoms with E-state index in [1.54, 1.807) is 19.3 Å². The molecule has 0 aliphatic carbocycles. The largest absolute Gasteiger partial charge is 0.382 e. The number of nitrogens with zero attached hydrogens (tertiary/aromatic N) is 4. The maximum atomic E-state index is 13.1. The van der Waals surface area contributed by atoms with Crippen molar-refractivity contribution in [3.05, 3.63) is 66.4 Å². The molecule has 4 aromatic rings. The predicted octanol–water partition coefficient (Wildman–Crippen LogP) is 4.37. The van der Waals surface area contributed by atoms with Crippen molar-refractivity contribution in [2.45, 2.75) is 30.5 Å². The van der Waals surface area contributed by atoms with Crippen molar-refractivity contribution in [1.82, 2.24) is 15.1 Å². The first-order valence-electron chi connectivity index (χ1n) is 10.5. The van der Waals surface area contributed by atoms with Gasteiger partial charge >= 0.3 is 0 Å². The van der Waals surface area contributed by atoms with E-state index in [9.17, 15) is 4.21 Å². The number of hydrogen-bond donors (Lipinski definition) is 2. The molecule has 0 spiro atoms. The zero-order valence-electron chi connectivity index (χ0n) is 18.7. The second-order valence-electron chi connectivity index (χ2n) is 7.79. The molecule has 2 aromatic carbocycles. The van der Waals surface area contributed by atoms with Crippen molar-refractivity contribution < 1.29 is 8.73 Å². The zero-order chi connectivity index (χ0) is 23.6. The van der Waals surface area contributed by atoms with Gasteiger partial charge in [0.2, 0.25) is 0 Å². The van der Waals surface area contributed by atoms with E-state index in [0.29, 0.717) is 34.3 Å². The van der Waals surface area contributed by atoms with Crippen molar-refractivity contribution in [1.29, 1.82) is 0 Å². The van der Waals surface area contributed by atoms with E-state index in [4.69, 9.17) is 16.0 Å². The number of anilines is 1. The molecule has 33 heavy (non-hydrogen) atoms. The van der Waals surface area contributed by atoms with Crippen LogP contribution in [-0.4, -0.2) is 31.6 Å². The molecule has 2 aromatic heterocycles. The van der Waals surface area contributed by atoms with Crippen LogP contribution < -0.4 is 11.5 Å². The van der Waals surface area contributed by atoms with Crippen molar-refractivity contribution >= 4 is 15.5 Å². The van der Waals surface area contributed by atoms with Crippen LogP contribution >= 0.6 is 0 Å². The van der Waals surface area contributed by atoms with Gasteiger partial charge in [0.05, 0.1) is 21.6 Å². The number of nitrogen functional groups attached to an aromatic ring is 1. The molecule has 170 valence electrons. The number of nitrogens with two attached hydrogens (primary N) is 2. The summed E-state index contributed by atoms with van der Waals surface area (Å²) in [4.78, 5) is 9.64. The summed E-state index contributed by atoms with van der Waals surface area (Å²) in [6, 6.07) is 16.9. The van der Waals surface area contributed by atoms with Gasteiger partial charge in [0, 0.05) is 40.9 Å². The Labute approximate surface area is 193 Å². The highest BCUT2D eigenvalue weighted by molar-refractivity contribution is 7.94. The molecular weight excluding hydrogens is 436 g/mol. The second kappa shape index (κ2) is 9.13. The summed E-state index contributed by atoms with van der Waals surface area (Å²) in [5.74, 6) is 0.660. The monoisotopic (exact) mass is 462 g/mol. The van der Waals surface area contributed by atoms with E-state index in [1.165, 1.54) is 0 Å². The minimum atomic E-state index is -2.47. The highest BCUT2D eigenvalue weighted by atomic mass is 32.2. The first kappa shape index (κ1) is 22.6. The second-order valence-corrected chi connectivity index (χ2v) is 10.7. The van der Waals surface area contributed by atoms with Gasteiger partial charge in [-0.3, -0.25) is 0 Å². The first-order chi connectivity index (χ1) is 15.9. The van der Waals surface area contributed by atoms with E-state index in [2.05, 4.69) is 19.5 Å². The van der Waals surface area contributed by atoms with E-state index in [0.717, 1.165) is 16.7 Å². The SMILES string of the molecule is CN=S(=O)(c1ccc(-c2cnc(N)c(-c3cc(-c4ccc(CN)cc4)no3)n2)cc1)C(C)C. The normalized spacial score (nSPS) is 13.1. The molecule has 4 rings (SSSR count). The highest BCUT2D eigenvalue weighted by Crippen LogP contribution is 2.30. The molecule has 4 N–H and O–H groups in total. The molecule has 0 radical (unpaired) electrons. The van der Waals surface area contributed by atoms with Crippen LogP contribution in [0, 0.1) is 0 Å². The van der Waals surface area contributed by atoms with Crippen LogP contribution in [0.3, 0.4) is 0 Å². The molecule has 1 atom stereocenters. The first-order valence-corrected chi connectivity index (χ1v) is 12.1. The smallest absolute Gasteiger partial charge is 0.189 e. The fourth-order valence-electron chi connectivity index (χ4n) is 3.46. The van der Waals surface area contributed by atoms with Crippen LogP contribution in [-0.2, 0) is 16.3 Å². The molecule has 2 heterocycles. The van der Waals surface area contributed by atoms with Gasteiger partial charge in [-0.05, 0) is 31.5 Å². The minimum Gasteiger partial charge on any atom is -0.382 e. The van der Waals surface area contributed by atoms with Crippen LogP contribution in [0.15, 0.2) is 74.6 Å². The molecule has 0 saturated heterocycles. The van der Waals surface area contributed by atoms with Gasteiger partial charge in [-0.1, -0.05) is 41.6 Å².